The van der Waals surface area contributed by atoms with E-state index in [4.69, 9.17) is 21.1 Å². The Morgan fingerprint density at radius 2 is 2.19 bits per heavy atom. The van der Waals surface area contributed by atoms with Crippen LogP contribution in [0.4, 0.5) is 0 Å². The monoisotopic (exact) mass is 304 g/mol. The van der Waals surface area contributed by atoms with Crippen LogP contribution in [0.5, 0.6) is 5.75 Å². The van der Waals surface area contributed by atoms with Gasteiger partial charge in [0.2, 0.25) is 0 Å². The van der Waals surface area contributed by atoms with E-state index in [1.54, 1.807) is 7.11 Å². The van der Waals surface area contributed by atoms with Gasteiger partial charge >= 0.3 is 0 Å². The van der Waals surface area contributed by atoms with Crippen LogP contribution in [0, 0.1) is 5.92 Å². The van der Waals surface area contributed by atoms with Crippen LogP contribution in [0.15, 0.2) is 16.6 Å². The van der Waals surface area contributed by atoms with Gasteiger partial charge in [-0.25, -0.2) is 0 Å². The van der Waals surface area contributed by atoms with Gasteiger partial charge in [0.15, 0.2) is 6.79 Å². The van der Waals surface area contributed by atoms with E-state index in [-0.39, 0.29) is 6.79 Å². The molecule has 0 amide bonds. The molecule has 2 rings (SSSR count). The number of methoxy groups -OCH3 is 1. The summed E-state index contributed by atoms with van der Waals surface area (Å²) in [6.45, 7) is 2.48. The van der Waals surface area contributed by atoms with Crippen LogP contribution >= 0.6 is 27.5 Å². The normalized spacial score (nSPS) is 23.2. The van der Waals surface area contributed by atoms with Gasteiger partial charge in [-0.15, -0.1) is 0 Å². The molecule has 1 aliphatic carbocycles. The molecule has 2 atom stereocenters. The van der Waals surface area contributed by atoms with Crippen molar-refractivity contribution in [3.63, 3.8) is 0 Å². The van der Waals surface area contributed by atoms with E-state index < -0.39 is 0 Å². The molecular formula is C12H14BrClO2. The van der Waals surface area contributed by atoms with Crippen molar-refractivity contribution in [2.24, 2.45) is 5.92 Å². The molecule has 1 aromatic carbocycles. The first-order valence-electron chi connectivity index (χ1n) is 5.24. The van der Waals surface area contributed by atoms with Gasteiger partial charge in [0.1, 0.15) is 5.75 Å². The van der Waals surface area contributed by atoms with Gasteiger partial charge in [0.05, 0.1) is 0 Å². The third kappa shape index (κ3) is 2.53. The lowest BCUT2D eigenvalue weighted by atomic mass is 10.1. The first-order valence-corrected chi connectivity index (χ1v) is 6.41. The average molecular weight is 306 g/mol. The predicted octanol–water partition coefficient (Wildman–Crippen LogP) is 4.21. The number of rotatable bonds is 4. The van der Waals surface area contributed by atoms with Crippen molar-refractivity contribution in [3.8, 4) is 5.75 Å². The van der Waals surface area contributed by atoms with E-state index in [2.05, 4.69) is 22.9 Å². The van der Waals surface area contributed by atoms with Gasteiger partial charge in [-0.3, -0.25) is 0 Å². The van der Waals surface area contributed by atoms with Crippen molar-refractivity contribution in [2.75, 3.05) is 13.9 Å². The minimum atomic E-state index is 0.238. The lowest BCUT2D eigenvalue weighted by Crippen LogP contribution is -1.99. The maximum atomic E-state index is 6.26. The van der Waals surface area contributed by atoms with Gasteiger partial charge in [-0.2, -0.15) is 0 Å². The fraction of sp³-hybridized carbons (Fsp3) is 0.500. The van der Waals surface area contributed by atoms with Crippen molar-refractivity contribution in [1.82, 2.24) is 0 Å². The number of halogens is 2. The zero-order valence-corrected chi connectivity index (χ0v) is 11.6. The highest BCUT2D eigenvalue weighted by Gasteiger charge is 2.37. The van der Waals surface area contributed by atoms with E-state index in [9.17, 15) is 0 Å². The van der Waals surface area contributed by atoms with Crippen LogP contribution in [0.3, 0.4) is 0 Å². The van der Waals surface area contributed by atoms with Crippen LogP contribution in [-0.2, 0) is 4.74 Å². The summed E-state index contributed by atoms with van der Waals surface area (Å²) in [7, 11) is 1.59. The van der Waals surface area contributed by atoms with E-state index >= 15 is 0 Å². The zero-order valence-electron chi connectivity index (χ0n) is 9.30. The highest BCUT2D eigenvalue weighted by atomic mass is 79.9. The minimum absolute atomic E-state index is 0.238. The molecule has 0 aromatic heterocycles. The molecule has 0 radical (unpaired) electrons. The lowest BCUT2D eigenvalue weighted by Gasteiger charge is -2.10. The van der Waals surface area contributed by atoms with Gasteiger partial charge in [-0.05, 0) is 36.0 Å². The molecule has 2 nitrogen and oxygen atoms in total. The first-order chi connectivity index (χ1) is 7.63. The minimum Gasteiger partial charge on any atom is -0.467 e. The van der Waals surface area contributed by atoms with E-state index in [0.717, 1.165) is 21.2 Å². The standard InChI is InChI=1S/C12H14BrClO2/c1-7-3-9(7)12-10(13)4-8(5-11(12)14)16-6-15-2/h4-5,7,9H,3,6H2,1-2H3/t7-,9-/m1/s1. The Labute approximate surface area is 109 Å². The molecule has 0 spiro atoms. The molecule has 0 heterocycles. The summed E-state index contributed by atoms with van der Waals surface area (Å²) >= 11 is 9.82. The number of hydrogen-bond acceptors (Lipinski definition) is 2. The lowest BCUT2D eigenvalue weighted by molar-refractivity contribution is 0.0511. The molecule has 16 heavy (non-hydrogen) atoms. The van der Waals surface area contributed by atoms with Crippen LogP contribution in [0.25, 0.3) is 0 Å². The van der Waals surface area contributed by atoms with Crippen molar-refractivity contribution in [2.45, 2.75) is 19.3 Å². The molecule has 0 bridgehead atoms. The second-order valence-electron chi connectivity index (χ2n) is 4.17. The zero-order chi connectivity index (χ0) is 11.7. The highest BCUT2D eigenvalue weighted by Crippen LogP contribution is 2.52. The molecule has 1 fully saturated rings. The summed E-state index contributed by atoms with van der Waals surface area (Å²) in [5, 5.41) is 0.773. The Morgan fingerprint density at radius 3 is 2.69 bits per heavy atom. The quantitative estimate of drug-likeness (QED) is 0.776. The fourth-order valence-corrected chi connectivity index (χ4v) is 3.05. The van der Waals surface area contributed by atoms with Crippen molar-refractivity contribution in [1.29, 1.82) is 0 Å². The van der Waals surface area contributed by atoms with Gasteiger partial charge in [-0.1, -0.05) is 34.5 Å². The Hall–Kier alpha value is -0.250. The molecule has 1 aromatic rings. The second-order valence-corrected chi connectivity index (χ2v) is 5.43. The maximum absolute atomic E-state index is 6.26. The Balaban J connectivity index is 2.22. The van der Waals surface area contributed by atoms with Crippen LogP contribution in [0.2, 0.25) is 5.02 Å². The molecule has 4 heteroatoms. The second kappa shape index (κ2) is 4.94. The Morgan fingerprint density at radius 1 is 1.50 bits per heavy atom. The SMILES string of the molecule is COCOc1cc(Cl)c([C@@H]2C[C@H]2C)c(Br)c1. The molecule has 0 N–H and O–H groups in total. The summed E-state index contributed by atoms with van der Waals surface area (Å²) in [5.41, 5.74) is 1.21. The van der Waals surface area contributed by atoms with Crippen LogP contribution < -0.4 is 4.74 Å². The van der Waals surface area contributed by atoms with E-state index in [0.29, 0.717) is 5.92 Å². The smallest absolute Gasteiger partial charge is 0.188 e. The fourth-order valence-electron chi connectivity index (χ4n) is 1.85. The van der Waals surface area contributed by atoms with Crippen molar-refractivity contribution in [3.05, 3.63) is 27.2 Å². The summed E-state index contributed by atoms with van der Waals surface area (Å²) in [5.74, 6) is 2.06. The largest absolute Gasteiger partial charge is 0.467 e. The van der Waals surface area contributed by atoms with Gasteiger partial charge in [0, 0.05) is 16.6 Å². The third-order valence-electron chi connectivity index (χ3n) is 2.88. The molecule has 1 aliphatic rings. The van der Waals surface area contributed by atoms with Crippen LogP contribution in [-0.4, -0.2) is 13.9 Å². The van der Waals surface area contributed by atoms with Gasteiger partial charge in [0.25, 0.3) is 0 Å². The Kier molecular flexibility index (Phi) is 3.77. The highest BCUT2D eigenvalue weighted by molar-refractivity contribution is 9.10. The van der Waals surface area contributed by atoms with E-state index in [1.807, 2.05) is 12.1 Å². The third-order valence-corrected chi connectivity index (χ3v) is 3.85. The molecule has 1 saturated carbocycles. The average Bonchev–Trinajstić information content (AvgIpc) is 2.91. The molecule has 0 saturated heterocycles. The number of benzene rings is 1. The summed E-state index contributed by atoms with van der Waals surface area (Å²) in [4.78, 5) is 0. The summed E-state index contributed by atoms with van der Waals surface area (Å²) < 4.78 is 11.2. The molecule has 0 aliphatic heterocycles. The molecule has 0 unspecified atom stereocenters. The molecule has 88 valence electrons. The first kappa shape index (κ1) is 12.2. The topological polar surface area (TPSA) is 18.5 Å². The van der Waals surface area contributed by atoms with Gasteiger partial charge < -0.3 is 9.47 Å². The predicted molar refractivity (Wildman–Crippen MR) is 68.2 cm³/mol. The van der Waals surface area contributed by atoms with Crippen LogP contribution in [0.1, 0.15) is 24.8 Å². The number of ether oxygens (including phenoxy) is 2. The summed E-state index contributed by atoms with van der Waals surface area (Å²) in [6.07, 6.45) is 1.22. The van der Waals surface area contributed by atoms with Crippen molar-refractivity contribution >= 4 is 27.5 Å². The Bertz CT molecular complexity index is 372. The molecular weight excluding hydrogens is 291 g/mol. The van der Waals surface area contributed by atoms with E-state index in [1.165, 1.54) is 12.0 Å². The summed E-state index contributed by atoms with van der Waals surface area (Å²) in [6, 6.07) is 3.80. The van der Waals surface area contributed by atoms with Crippen molar-refractivity contribution < 1.29 is 9.47 Å². The number of hydrogen-bond donors (Lipinski definition) is 0. The maximum Gasteiger partial charge on any atom is 0.188 e.